The van der Waals surface area contributed by atoms with E-state index in [-0.39, 0.29) is 23.3 Å². The van der Waals surface area contributed by atoms with Gasteiger partial charge in [0.2, 0.25) is 5.91 Å². The average molecular weight is 407 g/mol. The van der Waals surface area contributed by atoms with Crippen LogP contribution in [0.15, 0.2) is 58.5 Å². The number of fused-ring (bicyclic) bond motifs is 1. The molecule has 0 radical (unpaired) electrons. The number of amides is 1. The fraction of sp³-hybridized carbons (Fsp3) is 0.273. The number of ketones is 1. The summed E-state index contributed by atoms with van der Waals surface area (Å²) in [7, 11) is 0. The molecule has 29 heavy (non-hydrogen) atoms. The van der Waals surface area contributed by atoms with E-state index in [9.17, 15) is 14.4 Å². The first-order valence-corrected chi connectivity index (χ1v) is 10.4. The molecule has 0 saturated heterocycles. The summed E-state index contributed by atoms with van der Waals surface area (Å²) in [6.07, 6.45) is 1.92. The zero-order chi connectivity index (χ0) is 20.5. The third kappa shape index (κ3) is 4.10. The van der Waals surface area contributed by atoms with Gasteiger partial charge in [0.15, 0.2) is 10.9 Å². The van der Waals surface area contributed by atoms with Crippen molar-refractivity contribution in [2.75, 3.05) is 5.32 Å². The van der Waals surface area contributed by atoms with Crippen LogP contribution in [0.25, 0.3) is 10.9 Å². The molecule has 1 saturated carbocycles. The lowest BCUT2D eigenvalue weighted by Crippen LogP contribution is -2.24. The van der Waals surface area contributed by atoms with E-state index in [1.165, 1.54) is 18.7 Å². The number of carbonyl (C=O) groups excluding carboxylic acids is 2. The van der Waals surface area contributed by atoms with Crippen LogP contribution in [0.4, 0.5) is 5.69 Å². The molecular weight excluding hydrogens is 386 g/mol. The lowest BCUT2D eigenvalue weighted by atomic mass is 10.1. The van der Waals surface area contributed by atoms with E-state index in [2.05, 4.69) is 10.3 Å². The third-order valence-corrected chi connectivity index (χ3v) is 5.90. The number of anilines is 1. The molecule has 1 fully saturated rings. The molecule has 3 aromatic rings. The Kier molecular flexibility index (Phi) is 5.24. The molecule has 7 heteroatoms. The van der Waals surface area contributed by atoms with Crippen LogP contribution in [0.1, 0.15) is 43.1 Å². The maximum atomic E-state index is 13.0. The summed E-state index contributed by atoms with van der Waals surface area (Å²) >= 11 is 1.32. The van der Waals surface area contributed by atoms with Gasteiger partial charge in [-0.2, -0.15) is 0 Å². The lowest BCUT2D eigenvalue weighted by molar-refractivity contribution is -0.114. The second-order valence-electron chi connectivity index (χ2n) is 7.20. The van der Waals surface area contributed by atoms with Crippen molar-refractivity contribution >= 4 is 40.0 Å². The van der Waals surface area contributed by atoms with Gasteiger partial charge in [-0.1, -0.05) is 23.9 Å². The van der Waals surface area contributed by atoms with Crippen LogP contribution < -0.4 is 10.9 Å². The van der Waals surface area contributed by atoms with Crippen LogP contribution in [-0.4, -0.2) is 26.5 Å². The summed E-state index contributed by atoms with van der Waals surface area (Å²) in [5.41, 5.74) is 1.81. The number of carbonyl (C=O) groups is 2. The second kappa shape index (κ2) is 7.83. The number of Topliss-reactive ketones (excluding diaryl/α,β-unsaturated/α-hetero) is 1. The molecule has 1 aromatic heterocycles. The number of para-hydroxylation sites is 1. The van der Waals surface area contributed by atoms with Crippen LogP contribution in [-0.2, 0) is 4.79 Å². The summed E-state index contributed by atoms with van der Waals surface area (Å²) in [6.45, 7) is 3.26. The first-order valence-electron chi connectivity index (χ1n) is 9.54. The highest BCUT2D eigenvalue weighted by molar-refractivity contribution is 8.00. The standard InChI is InChI=1S/C22H21N3O3S/c1-13(20(27)15-7-9-16(10-8-15)23-14(2)26)29-22-24-19-6-4-3-5-18(19)21(28)25(22)17-11-12-17/h3-10,13,17H,11-12H2,1-2H3,(H,23,26)/t13-/m0/s1. The van der Waals surface area contributed by atoms with Gasteiger partial charge in [0.05, 0.1) is 16.2 Å². The number of nitrogens with zero attached hydrogens (tertiary/aromatic N) is 2. The Labute approximate surface area is 172 Å². The highest BCUT2D eigenvalue weighted by Crippen LogP contribution is 2.38. The Morgan fingerprint density at radius 3 is 2.48 bits per heavy atom. The molecule has 6 nitrogen and oxygen atoms in total. The molecule has 1 aliphatic rings. The highest BCUT2D eigenvalue weighted by Gasteiger charge is 2.30. The van der Waals surface area contributed by atoms with Crippen molar-refractivity contribution in [2.24, 2.45) is 0 Å². The van der Waals surface area contributed by atoms with Gasteiger partial charge in [-0.15, -0.1) is 0 Å². The zero-order valence-corrected chi connectivity index (χ0v) is 17.0. The van der Waals surface area contributed by atoms with Gasteiger partial charge < -0.3 is 5.32 Å². The van der Waals surface area contributed by atoms with E-state index < -0.39 is 5.25 Å². The molecule has 1 heterocycles. The summed E-state index contributed by atoms with van der Waals surface area (Å²) in [5.74, 6) is -0.206. The minimum atomic E-state index is -0.403. The van der Waals surface area contributed by atoms with E-state index in [0.29, 0.717) is 27.3 Å². The van der Waals surface area contributed by atoms with E-state index >= 15 is 0 Å². The van der Waals surface area contributed by atoms with Gasteiger partial charge in [0.1, 0.15) is 0 Å². The maximum absolute atomic E-state index is 13.0. The Bertz CT molecular complexity index is 1150. The van der Waals surface area contributed by atoms with Gasteiger partial charge in [0.25, 0.3) is 5.56 Å². The number of hydrogen-bond donors (Lipinski definition) is 1. The van der Waals surface area contributed by atoms with Crippen molar-refractivity contribution in [1.29, 1.82) is 0 Å². The van der Waals surface area contributed by atoms with Crippen molar-refractivity contribution in [2.45, 2.75) is 43.1 Å². The fourth-order valence-corrected chi connectivity index (χ4v) is 4.29. The van der Waals surface area contributed by atoms with E-state index in [1.54, 1.807) is 34.9 Å². The molecule has 148 valence electrons. The molecule has 1 aliphatic carbocycles. The van der Waals surface area contributed by atoms with Gasteiger partial charge in [-0.05, 0) is 56.2 Å². The number of benzene rings is 2. The highest BCUT2D eigenvalue weighted by atomic mass is 32.2. The minimum Gasteiger partial charge on any atom is -0.326 e. The maximum Gasteiger partial charge on any atom is 0.262 e. The normalized spacial score (nSPS) is 14.6. The molecular formula is C22H21N3O3S. The smallest absolute Gasteiger partial charge is 0.262 e. The summed E-state index contributed by atoms with van der Waals surface area (Å²) in [5, 5.41) is 3.48. The molecule has 1 amide bonds. The topological polar surface area (TPSA) is 81.1 Å². The third-order valence-electron chi connectivity index (χ3n) is 4.83. The molecule has 0 spiro atoms. The van der Waals surface area contributed by atoms with Crippen LogP contribution in [0, 0.1) is 0 Å². The van der Waals surface area contributed by atoms with Crippen molar-refractivity contribution < 1.29 is 9.59 Å². The van der Waals surface area contributed by atoms with Crippen molar-refractivity contribution in [3.05, 3.63) is 64.4 Å². The van der Waals surface area contributed by atoms with E-state index in [4.69, 9.17) is 0 Å². The van der Waals surface area contributed by atoms with Gasteiger partial charge in [-0.3, -0.25) is 19.0 Å². The molecule has 2 aromatic carbocycles. The number of aromatic nitrogens is 2. The average Bonchev–Trinajstić information content (AvgIpc) is 3.53. The van der Waals surface area contributed by atoms with Crippen LogP contribution >= 0.6 is 11.8 Å². The first kappa shape index (κ1) is 19.4. The molecule has 1 atom stereocenters. The second-order valence-corrected chi connectivity index (χ2v) is 8.51. The quantitative estimate of drug-likeness (QED) is 0.379. The number of hydrogen-bond acceptors (Lipinski definition) is 5. The van der Waals surface area contributed by atoms with E-state index in [0.717, 1.165) is 12.8 Å². The predicted molar refractivity (Wildman–Crippen MR) is 115 cm³/mol. The Morgan fingerprint density at radius 2 is 1.83 bits per heavy atom. The minimum absolute atomic E-state index is 0.0418. The van der Waals surface area contributed by atoms with Crippen LogP contribution in [0.3, 0.4) is 0 Å². The fourth-order valence-electron chi connectivity index (χ4n) is 3.23. The number of nitrogens with one attached hydrogen (secondary N) is 1. The largest absolute Gasteiger partial charge is 0.326 e. The van der Waals surface area contributed by atoms with Crippen LogP contribution in [0.5, 0.6) is 0 Å². The van der Waals surface area contributed by atoms with Gasteiger partial charge in [-0.25, -0.2) is 4.98 Å². The zero-order valence-electron chi connectivity index (χ0n) is 16.2. The Morgan fingerprint density at radius 1 is 1.14 bits per heavy atom. The molecule has 0 aliphatic heterocycles. The first-order chi connectivity index (χ1) is 13.9. The van der Waals surface area contributed by atoms with Crippen LogP contribution in [0.2, 0.25) is 0 Å². The van der Waals surface area contributed by atoms with Crippen molar-refractivity contribution in [3.63, 3.8) is 0 Å². The summed E-state index contributed by atoms with van der Waals surface area (Å²) in [6, 6.07) is 14.3. The molecule has 4 rings (SSSR count). The summed E-state index contributed by atoms with van der Waals surface area (Å²) in [4.78, 5) is 41.7. The Hall–Kier alpha value is -2.93. The van der Waals surface area contributed by atoms with Crippen molar-refractivity contribution in [1.82, 2.24) is 9.55 Å². The number of rotatable bonds is 6. The number of thioether (sulfide) groups is 1. The molecule has 0 unspecified atom stereocenters. The monoisotopic (exact) mass is 407 g/mol. The SMILES string of the molecule is CC(=O)Nc1ccc(C(=O)[C@H](C)Sc2nc3ccccc3c(=O)n2C2CC2)cc1. The predicted octanol–water partition coefficient (Wildman–Crippen LogP) is 4.05. The molecule has 1 N–H and O–H groups in total. The van der Waals surface area contributed by atoms with E-state index in [1.807, 2.05) is 25.1 Å². The van der Waals surface area contributed by atoms with Gasteiger partial charge >= 0.3 is 0 Å². The Balaban J connectivity index is 1.61. The van der Waals surface area contributed by atoms with Crippen molar-refractivity contribution in [3.8, 4) is 0 Å². The summed E-state index contributed by atoms with van der Waals surface area (Å²) < 4.78 is 1.75. The van der Waals surface area contributed by atoms with Gasteiger partial charge in [0, 0.05) is 24.2 Å². The lowest BCUT2D eigenvalue weighted by Gasteiger charge is -2.15. The molecule has 0 bridgehead atoms.